The predicted molar refractivity (Wildman–Crippen MR) is 89.4 cm³/mol. The molecule has 2 aromatic rings. The van der Waals surface area contributed by atoms with Gasteiger partial charge in [-0.15, -0.1) is 0 Å². The second-order valence-electron chi connectivity index (χ2n) is 6.87. The Balaban J connectivity index is 1.46. The van der Waals surface area contributed by atoms with Gasteiger partial charge in [-0.25, -0.2) is 4.98 Å². The smallest absolute Gasteiger partial charge is 0.226 e. The fourth-order valence-electron chi connectivity index (χ4n) is 4.22. The first-order valence-electron chi connectivity index (χ1n) is 8.67. The van der Waals surface area contributed by atoms with Gasteiger partial charge in [0, 0.05) is 24.5 Å². The van der Waals surface area contributed by atoms with E-state index < -0.39 is 0 Å². The number of hydrogen-bond acceptors (Lipinski definition) is 3. The average molecular weight is 312 g/mol. The van der Waals surface area contributed by atoms with E-state index in [1.54, 1.807) is 0 Å². The zero-order valence-electron chi connectivity index (χ0n) is 13.7. The van der Waals surface area contributed by atoms with Crippen molar-refractivity contribution < 1.29 is 4.79 Å². The van der Waals surface area contributed by atoms with Gasteiger partial charge in [0.25, 0.3) is 0 Å². The lowest BCUT2D eigenvalue weighted by Crippen LogP contribution is -2.52. The van der Waals surface area contributed by atoms with Crippen molar-refractivity contribution in [3.8, 4) is 0 Å². The molecule has 0 aliphatic carbocycles. The molecule has 4 rings (SSSR count). The number of fused-ring (bicyclic) bond motifs is 2. The van der Waals surface area contributed by atoms with Crippen LogP contribution >= 0.6 is 0 Å². The Morgan fingerprint density at radius 3 is 3.04 bits per heavy atom. The molecule has 1 amide bonds. The summed E-state index contributed by atoms with van der Waals surface area (Å²) in [7, 11) is 0. The van der Waals surface area contributed by atoms with E-state index in [4.69, 9.17) is 0 Å². The van der Waals surface area contributed by atoms with E-state index in [-0.39, 0.29) is 5.91 Å². The summed E-state index contributed by atoms with van der Waals surface area (Å²) in [6.07, 6.45) is 8.99. The van der Waals surface area contributed by atoms with Gasteiger partial charge < -0.3 is 9.72 Å². The summed E-state index contributed by atoms with van der Waals surface area (Å²) < 4.78 is 2.03. The van der Waals surface area contributed by atoms with Gasteiger partial charge in [0.05, 0.1) is 12.1 Å². The average Bonchev–Trinajstić information content (AvgIpc) is 3.16. The minimum atomic E-state index is 0.118. The Labute approximate surface area is 136 Å². The van der Waals surface area contributed by atoms with Gasteiger partial charge in [-0.1, -0.05) is 6.07 Å². The van der Waals surface area contributed by atoms with Crippen molar-refractivity contribution in [2.75, 3.05) is 13.1 Å². The number of rotatable bonds is 3. The monoisotopic (exact) mass is 312 g/mol. The van der Waals surface area contributed by atoms with Crippen molar-refractivity contribution in [1.82, 2.24) is 19.6 Å². The van der Waals surface area contributed by atoms with E-state index in [1.807, 2.05) is 35.9 Å². The molecule has 0 radical (unpaired) electrons. The van der Waals surface area contributed by atoms with Crippen LogP contribution in [-0.4, -0.2) is 45.4 Å². The van der Waals surface area contributed by atoms with Gasteiger partial charge >= 0.3 is 0 Å². The molecular weight excluding hydrogens is 288 g/mol. The number of nitrogens with one attached hydrogen (secondary N) is 1. The van der Waals surface area contributed by atoms with Crippen LogP contribution in [0.25, 0.3) is 5.65 Å². The molecule has 0 spiro atoms. The normalized spacial score (nSPS) is 24.7. The van der Waals surface area contributed by atoms with E-state index in [0.29, 0.717) is 18.5 Å². The lowest BCUT2D eigenvalue weighted by Gasteiger charge is -2.37. The third kappa shape index (κ3) is 2.74. The van der Waals surface area contributed by atoms with Crippen LogP contribution in [0.5, 0.6) is 0 Å². The molecule has 2 atom stereocenters. The first-order valence-corrected chi connectivity index (χ1v) is 8.67. The molecule has 2 aromatic heterocycles. The molecule has 1 N–H and O–H groups in total. The standard InChI is InChI=1S/C18H24N4O/c1-13-5-2-10-22-14(12-19-18(13)22)11-17(23)20-15-6-3-8-21-9-4-7-16(15)21/h2,5,10,12,15-16H,3-4,6-9,11H2,1H3,(H,20,23)/t15-,16-/m0/s1. The molecule has 2 aliphatic rings. The van der Waals surface area contributed by atoms with Gasteiger partial charge in [0.2, 0.25) is 5.91 Å². The number of nitrogens with zero attached hydrogens (tertiary/aromatic N) is 3. The van der Waals surface area contributed by atoms with E-state index in [9.17, 15) is 4.79 Å². The van der Waals surface area contributed by atoms with Gasteiger partial charge in [0.15, 0.2) is 0 Å². The fraction of sp³-hybridized carbons (Fsp3) is 0.556. The summed E-state index contributed by atoms with van der Waals surface area (Å²) in [6.45, 7) is 4.44. The number of amides is 1. The number of aromatic nitrogens is 2. The second-order valence-corrected chi connectivity index (χ2v) is 6.87. The SMILES string of the molecule is Cc1cccn2c(CC(=O)N[C@H]3CCCN4CCC[C@@H]34)cnc12. The van der Waals surface area contributed by atoms with Gasteiger partial charge in [-0.2, -0.15) is 0 Å². The molecule has 2 fully saturated rings. The van der Waals surface area contributed by atoms with Crippen molar-refractivity contribution >= 4 is 11.6 Å². The highest BCUT2D eigenvalue weighted by molar-refractivity contribution is 5.78. The van der Waals surface area contributed by atoms with Crippen molar-refractivity contribution in [2.24, 2.45) is 0 Å². The van der Waals surface area contributed by atoms with E-state index >= 15 is 0 Å². The topological polar surface area (TPSA) is 49.6 Å². The quantitative estimate of drug-likeness (QED) is 0.942. The zero-order chi connectivity index (χ0) is 15.8. The van der Waals surface area contributed by atoms with Crippen LogP contribution < -0.4 is 5.32 Å². The number of carbonyl (C=O) groups is 1. The van der Waals surface area contributed by atoms with Crippen molar-refractivity contribution in [3.63, 3.8) is 0 Å². The summed E-state index contributed by atoms with van der Waals surface area (Å²) in [4.78, 5) is 19.5. The molecule has 0 saturated carbocycles. The maximum absolute atomic E-state index is 12.5. The third-order valence-corrected chi connectivity index (χ3v) is 5.33. The summed E-state index contributed by atoms with van der Waals surface area (Å²) >= 11 is 0. The zero-order valence-corrected chi connectivity index (χ0v) is 13.7. The Hall–Kier alpha value is -1.88. The Bertz CT molecular complexity index is 723. The number of hydrogen-bond donors (Lipinski definition) is 1. The Morgan fingerprint density at radius 1 is 1.35 bits per heavy atom. The molecule has 5 nitrogen and oxygen atoms in total. The van der Waals surface area contributed by atoms with Crippen molar-refractivity contribution in [1.29, 1.82) is 0 Å². The maximum atomic E-state index is 12.5. The molecule has 5 heteroatoms. The van der Waals surface area contributed by atoms with Crippen LogP contribution in [0, 0.1) is 6.92 Å². The Morgan fingerprint density at radius 2 is 2.17 bits per heavy atom. The number of carbonyl (C=O) groups excluding carboxylic acids is 1. The van der Waals surface area contributed by atoms with E-state index in [1.165, 1.54) is 32.4 Å². The van der Waals surface area contributed by atoms with Crippen LogP contribution in [0.1, 0.15) is 36.9 Å². The van der Waals surface area contributed by atoms with Crippen LogP contribution in [0.3, 0.4) is 0 Å². The first-order chi connectivity index (χ1) is 11.2. The van der Waals surface area contributed by atoms with Crippen LogP contribution in [-0.2, 0) is 11.2 Å². The molecule has 4 heterocycles. The third-order valence-electron chi connectivity index (χ3n) is 5.33. The highest BCUT2D eigenvalue weighted by Crippen LogP contribution is 2.27. The van der Waals surface area contributed by atoms with Gasteiger partial charge in [0.1, 0.15) is 5.65 Å². The number of piperidine rings is 1. The number of pyridine rings is 1. The summed E-state index contributed by atoms with van der Waals surface area (Å²) in [6, 6.07) is 4.92. The second kappa shape index (κ2) is 5.96. The molecule has 2 saturated heterocycles. The van der Waals surface area contributed by atoms with Crippen LogP contribution in [0.15, 0.2) is 24.5 Å². The maximum Gasteiger partial charge on any atom is 0.226 e. The molecule has 0 bridgehead atoms. The van der Waals surface area contributed by atoms with E-state index in [2.05, 4.69) is 15.2 Å². The summed E-state index contributed by atoms with van der Waals surface area (Å²) in [5.74, 6) is 0.118. The van der Waals surface area contributed by atoms with Crippen LogP contribution in [0.2, 0.25) is 0 Å². The lowest BCUT2D eigenvalue weighted by atomic mass is 9.96. The molecule has 2 aliphatic heterocycles. The summed E-state index contributed by atoms with van der Waals surface area (Å²) in [5, 5.41) is 3.29. The molecular formula is C18H24N4O. The van der Waals surface area contributed by atoms with Crippen molar-refractivity contribution in [2.45, 2.75) is 51.1 Å². The Kier molecular flexibility index (Phi) is 3.81. The first kappa shape index (κ1) is 14.7. The van der Waals surface area contributed by atoms with E-state index in [0.717, 1.165) is 23.3 Å². The molecule has 0 unspecified atom stereocenters. The van der Waals surface area contributed by atoms with Gasteiger partial charge in [-0.3, -0.25) is 9.69 Å². The largest absolute Gasteiger partial charge is 0.351 e. The molecule has 23 heavy (non-hydrogen) atoms. The number of imidazole rings is 1. The molecule has 0 aromatic carbocycles. The highest BCUT2D eigenvalue weighted by atomic mass is 16.1. The fourth-order valence-corrected chi connectivity index (χ4v) is 4.22. The summed E-state index contributed by atoms with van der Waals surface area (Å²) in [5.41, 5.74) is 3.03. The minimum absolute atomic E-state index is 0.118. The van der Waals surface area contributed by atoms with Crippen LogP contribution in [0.4, 0.5) is 0 Å². The van der Waals surface area contributed by atoms with Crippen molar-refractivity contribution in [3.05, 3.63) is 35.8 Å². The minimum Gasteiger partial charge on any atom is -0.351 e. The van der Waals surface area contributed by atoms with Gasteiger partial charge in [-0.05, 0) is 57.3 Å². The lowest BCUT2D eigenvalue weighted by molar-refractivity contribution is -0.121. The predicted octanol–water partition coefficient (Wildman–Crippen LogP) is 1.93. The number of aryl methyl sites for hydroxylation is 1. The molecule has 122 valence electrons. The highest BCUT2D eigenvalue weighted by Gasteiger charge is 2.35.